The normalized spacial score (nSPS) is 12.7. The topological polar surface area (TPSA) is 78.9 Å². The number of hydrogen-bond donors (Lipinski definition) is 0. The van der Waals surface area contributed by atoms with Crippen LogP contribution >= 0.6 is 0 Å². The molecule has 0 N–H and O–H groups in total. The van der Waals surface area contributed by atoms with Crippen LogP contribution in [0.25, 0.3) is 0 Å². The molecule has 0 aliphatic heterocycles. The van der Waals surface area contributed by atoms with Crippen LogP contribution in [0.5, 0.6) is 0 Å². The number of rotatable bonds is 63. The molecule has 0 bridgehead atoms. The number of carbonyl (C=O) groups is 3. The summed E-state index contributed by atoms with van der Waals surface area (Å²) in [6, 6.07) is 0. The molecular formula is C75H130O6. The van der Waals surface area contributed by atoms with E-state index in [0.717, 1.165) is 109 Å². The number of allylic oxidation sites excluding steroid dienone is 16. The second-order valence-electron chi connectivity index (χ2n) is 23.1. The van der Waals surface area contributed by atoms with E-state index in [-0.39, 0.29) is 31.1 Å². The molecule has 0 spiro atoms. The molecule has 6 heteroatoms. The minimum Gasteiger partial charge on any atom is -0.462 e. The molecule has 0 rings (SSSR count). The Labute approximate surface area is 502 Å². The van der Waals surface area contributed by atoms with Crippen molar-refractivity contribution in [1.29, 1.82) is 0 Å². The molecule has 1 unspecified atom stereocenters. The minimum atomic E-state index is -0.783. The van der Waals surface area contributed by atoms with Crippen LogP contribution in [0.3, 0.4) is 0 Å². The van der Waals surface area contributed by atoms with Crippen LogP contribution in [-0.2, 0) is 28.6 Å². The third-order valence-corrected chi connectivity index (χ3v) is 15.1. The van der Waals surface area contributed by atoms with Crippen molar-refractivity contribution < 1.29 is 28.6 Å². The average Bonchev–Trinajstić information content (AvgIpc) is 3.46. The highest BCUT2D eigenvalue weighted by atomic mass is 16.6. The fourth-order valence-electron chi connectivity index (χ4n) is 9.89. The van der Waals surface area contributed by atoms with Gasteiger partial charge in [-0.3, -0.25) is 14.4 Å². The van der Waals surface area contributed by atoms with Crippen LogP contribution in [0.2, 0.25) is 0 Å². The van der Waals surface area contributed by atoms with Gasteiger partial charge in [0.2, 0.25) is 0 Å². The highest BCUT2D eigenvalue weighted by Gasteiger charge is 2.19. The Bertz CT molecular complexity index is 1580. The van der Waals surface area contributed by atoms with Crippen LogP contribution < -0.4 is 0 Å². The maximum atomic E-state index is 13.0. The Morgan fingerprint density at radius 3 is 0.753 bits per heavy atom. The first-order valence-electron chi connectivity index (χ1n) is 34.7. The van der Waals surface area contributed by atoms with Crippen molar-refractivity contribution in [3.63, 3.8) is 0 Å². The monoisotopic (exact) mass is 1130 g/mol. The lowest BCUT2D eigenvalue weighted by atomic mass is 10.0. The van der Waals surface area contributed by atoms with Gasteiger partial charge in [-0.2, -0.15) is 0 Å². The van der Waals surface area contributed by atoms with Gasteiger partial charge in [-0.25, -0.2) is 0 Å². The molecule has 0 radical (unpaired) electrons. The molecule has 0 aromatic carbocycles. The van der Waals surface area contributed by atoms with Gasteiger partial charge in [0.25, 0.3) is 0 Å². The van der Waals surface area contributed by atoms with Gasteiger partial charge in [0.15, 0.2) is 6.10 Å². The smallest absolute Gasteiger partial charge is 0.306 e. The zero-order valence-electron chi connectivity index (χ0n) is 53.5. The van der Waals surface area contributed by atoms with E-state index in [0.29, 0.717) is 19.3 Å². The highest BCUT2D eigenvalue weighted by Crippen LogP contribution is 2.17. The van der Waals surface area contributed by atoms with Crippen LogP contribution in [0.15, 0.2) is 97.2 Å². The molecule has 1 atom stereocenters. The number of ether oxygens (including phenoxy) is 3. The number of unbranched alkanes of at least 4 members (excludes halogenated alkanes) is 36. The fraction of sp³-hybridized carbons (Fsp3) is 0.747. The molecule has 0 aliphatic rings. The highest BCUT2D eigenvalue weighted by molar-refractivity contribution is 5.71. The van der Waals surface area contributed by atoms with Gasteiger partial charge < -0.3 is 14.2 Å². The molecule has 6 nitrogen and oxygen atoms in total. The number of esters is 3. The summed E-state index contributed by atoms with van der Waals surface area (Å²) < 4.78 is 17.0. The lowest BCUT2D eigenvalue weighted by molar-refractivity contribution is -0.167. The summed E-state index contributed by atoms with van der Waals surface area (Å²) in [5.41, 5.74) is 0. The van der Waals surface area contributed by atoms with E-state index < -0.39 is 6.10 Å². The average molecular weight is 1130 g/mol. The third kappa shape index (κ3) is 67.0. The van der Waals surface area contributed by atoms with Crippen molar-refractivity contribution >= 4 is 17.9 Å². The molecule has 0 saturated heterocycles. The van der Waals surface area contributed by atoms with Gasteiger partial charge in [0, 0.05) is 19.3 Å². The lowest BCUT2D eigenvalue weighted by Crippen LogP contribution is -2.30. The third-order valence-electron chi connectivity index (χ3n) is 15.1. The maximum Gasteiger partial charge on any atom is 0.306 e. The van der Waals surface area contributed by atoms with Gasteiger partial charge >= 0.3 is 17.9 Å². The Morgan fingerprint density at radius 2 is 0.481 bits per heavy atom. The van der Waals surface area contributed by atoms with Gasteiger partial charge in [-0.15, -0.1) is 0 Å². The summed E-state index contributed by atoms with van der Waals surface area (Å²) in [5.74, 6) is -0.872. The van der Waals surface area contributed by atoms with Gasteiger partial charge in [-0.05, 0) is 103 Å². The summed E-state index contributed by atoms with van der Waals surface area (Å²) in [6.45, 7) is 6.55. The van der Waals surface area contributed by atoms with E-state index in [1.165, 1.54) is 193 Å². The molecule has 0 aromatic heterocycles. The molecule has 0 amide bonds. The largest absolute Gasteiger partial charge is 0.462 e. The predicted octanol–water partition coefficient (Wildman–Crippen LogP) is 24.0. The Hall–Kier alpha value is -3.67. The first-order chi connectivity index (χ1) is 40.0. The Kier molecular flexibility index (Phi) is 65.7. The van der Waals surface area contributed by atoms with Crippen molar-refractivity contribution in [3.8, 4) is 0 Å². The van der Waals surface area contributed by atoms with E-state index >= 15 is 0 Å². The first-order valence-corrected chi connectivity index (χ1v) is 34.7. The summed E-state index contributed by atoms with van der Waals surface area (Å²) in [6.07, 6.45) is 92.8. The zero-order chi connectivity index (χ0) is 58.5. The Balaban J connectivity index is 4.32. The van der Waals surface area contributed by atoms with Crippen molar-refractivity contribution in [1.82, 2.24) is 0 Å². The molecule has 81 heavy (non-hydrogen) atoms. The molecule has 0 heterocycles. The van der Waals surface area contributed by atoms with Crippen molar-refractivity contribution in [3.05, 3.63) is 97.2 Å². The fourth-order valence-corrected chi connectivity index (χ4v) is 9.89. The molecule has 0 fully saturated rings. The van der Waals surface area contributed by atoms with E-state index in [1.807, 2.05) is 0 Å². The van der Waals surface area contributed by atoms with Crippen LogP contribution in [0.1, 0.15) is 342 Å². The number of hydrogen-bond acceptors (Lipinski definition) is 6. The van der Waals surface area contributed by atoms with E-state index in [2.05, 4.69) is 118 Å². The molecule has 0 aliphatic carbocycles. The van der Waals surface area contributed by atoms with Gasteiger partial charge in [-0.1, -0.05) is 317 Å². The van der Waals surface area contributed by atoms with E-state index in [4.69, 9.17) is 14.2 Å². The van der Waals surface area contributed by atoms with Crippen molar-refractivity contribution in [2.75, 3.05) is 13.2 Å². The summed E-state index contributed by atoms with van der Waals surface area (Å²) in [5, 5.41) is 0. The van der Waals surface area contributed by atoms with E-state index in [1.54, 1.807) is 0 Å². The van der Waals surface area contributed by atoms with Crippen LogP contribution in [-0.4, -0.2) is 37.2 Å². The predicted molar refractivity (Wildman–Crippen MR) is 353 cm³/mol. The SMILES string of the molecule is CC/C=C\C/C=C\C/C=C\C/C=C\C/C=C\C/C=C\CCCCCCCCCCC(=O)OCC(COC(=O)CCCCCCCCCCCCCCC)OC(=O)CCCCCCCCCCCCC/C=C\C/C=C\CCCCCCC. The standard InChI is InChI=1S/C75H130O6/c1-4-7-10-13-16-19-22-25-27-29-31-33-35-36-37-38-40-41-43-45-47-50-53-56-59-62-65-68-74(77)80-71-72(70-79-73(76)67-64-61-58-55-52-49-24-21-18-15-12-9-6-3)81-75(78)69-66-63-60-57-54-51-48-46-44-42-39-34-32-30-28-26-23-20-17-14-11-8-5-2/h7,10,16,19,23,25-27,30-33,36-37,40-41,72H,4-6,8-9,11-15,17-18,20-22,24,28-29,34-35,38-39,42-71H2,1-3H3/b10-7-,19-16-,26-23-,27-25-,32-30-,33-31-,37-36-,41-40-. The summed E-state index contributed by atoms with van der Waals surface area (Å²) in [7, 11) is 0. The van der Waals surface area contributed by atoms with Crippen LogP contribution in [0.4, 0.5) is 0 Å². The molecule has 0 saturated carbocycles. The van der Waals surface area contributed by atoms with Crippen molar-refractivity contribution in [2.45, 2.75) is 348 Å². The second kappa shape index (κ2) is 68.8. The molecule has 0 aromatic rings. The zero-order valence-corrected chi connectivity index (χ0v) is 53.5. The van der Waals surface area contributed by atoms with E-state index in [9.17, 15) is 14.4 Å². The summed E-state index contributed by atoms with van der Waals surface area (Å²) in [4.78, 5) is 38.4. The molecular weight excluding hydrogens is 997 g/mol. The number of carbonyl (C=O) groups excluding carboxylic acids is 3. The molecule has 466 valence electrons. The van der Waals surface area contributed by atoms with Gasteiger partial charge in [0.05, 0.1) is 0 Å². The Morgan fingerprint density at radius 1 is 0.259 bits per heavy atom. The second-order valence-corrected chi connectivity index (χ2v) is 23.1. The minimum absolute atomic E-state index is 0.0774. The van der Waals surface area contributed by atoms with Crippen LogP contribution in [0, 0.1) is 0 Å². The lowest BCUT2D eigenvalue weighted by Gasteiger charge is -2.18. The van der Waals surface area contributed by atoms with Crippen molar-refractivity contribution in [2.24, 2.45) is 0 Å². The first kappa shape index (κ1) is 77.3. The summed E-state index contributed by atoms with van der Waals surface area (Å²) >= 11 is 0. The quantitative estimate of drug-likeness (QED) is 0.0261. The van der Waals surface area contributed by atoms with Gasteiger partial charge in [0.1, 0.15) is 13.2 Å². The maximum absolute atomic E-state index is 13.0.